The van der Waals surface area contributed by atoms with E-state index in [2.05, 4.69) is 20.8 Å². The van der Waals surface area contributed by atoms with Crippen LogP contribution in [-0.2, 0) is 4.74 Å². The van der Waals surface area contributed by atoms with Gasteiger partial charge in [-0.1, -0.05) is 46.0 Å². The first-order valence-electron chi connectivity index (χ1n) is 5.92. The first-order chi connectivity index (χ1) is 6.31. The number of unbranched alkanes of at least 4 members (excludes halogenated alkanes) is 4. The van der Waals surface area contributed by atoms with Crippen molar-refractivity contribution in [3.8, 4) is 0 Å². The third kappa shape index (κ3) is 9.88. The van der Waals surface area contributed by atoms with Gasteiger partial charge in [0.05, 0.1) is 6.10 Å². The molecule has 0 saturated carbocycles. The highest BCUT2D eigenvalue weighted by Gasteiger charge is 2.07. The molecule has 1 rings (SSSR count). The molecule has 1 nitrogen and oxygen atoms in total. The molecule has 0 aromatic rings. The van der Waals surface area contributed by atoms with E-state index in [1.807, 2.05) is 0 Å². The van der Waals surface area contributed by atoms with Crippen LogP contribution < -0.4 is 0 Å². The lowest BCUT2D eigenvalue weighted by atomic mass is 10.2. The normalized spacial score (nSPS) is 21.0. The zero-order valence-electron chi connectivity index (χ0n) is 9.64. The fourth-order valence-corrected chi connectivity index (χ4v) is 1.42. The van der Waals surface area contributed by atoms with Crippen molar-refractivity contribution >= 4 is 0 Å². The topological polar surface area (TPSA) is 9.23 Å². The molecule has 0 aromatic carbocycles. The molecule has 0 radical (unpaired) electrons. The average molecular weight is 186 g/mol. The Morgan fingerprint density at radius 3 is 1.92 bits per heavy atom. The van der Waals surface area contributed by atoms with E-state index in [0.29, 0.717) is 6.10 Å². The third-order valence-corrected chi connectivity index (χ3v) is 2.36. The maximum absolute atomic E-state index is 5.15. The molecule has 0 aliphatic carbocycles. The van der Waals surface area contributed by atoms with Crippen molar-refractivity contribution in [3.63, 3.8) is 0 Å². The summed E-state index contributed by atoms with van der Waals surface area (Å²) < 4.78 is 5.15. The quantitative estimate of drug-likeness (QED) is 0.599. The third-order valence-electron chi connectivity index (χ3n) is 2.36. The second-order valence-electron chi connectivity index (χ2n) is 3.88. The number of hydrogen-bond acceptors (Lipinski definition) is 1. The Labute approximate surface area is 83.9 Å². The second kappa shape index (κ2) is 10.0. The van der Waals surface area contributed by atoms with Crippen LogP contribution in [0.5, 0.6) is 0 Å². The molecule has 1 aliphatic heterocycles. The summed E-state index contributed by atoms with van der Waals surface area (Å²) in [5.74, 6) is 0. The molecule has 1 unspecified atom stereocenters. The molecular weight excluding hydrogens is 160 g/mol. The van der Waals surface area contributed by atoms with Gasteiger partial charge in [0.1, 0.15) is 0 Å². The molecule has 1 atom stereocenters. The lowest BCUT2D eigenvalue weighted by Crippen LogP contribution is -1.94. The molecule has 1 aliphatic rings. The molecule has 0 amide bonds. The average Bonchev–Trinajstić information content (AvgIpc) is 2.58. The highest BCUT2D eigenvalue weighted by molar-refractivity contribution is 4.56. The minimum Gasteiger partial charge on any atom is -0.379 e. The number of hydrogen-bond donors (Lipinski definition) is 0. The van der Waals surface area contributed by atoms with Crippen molar-refractivity contribution in [1.29, 1.82) is 0 Å². The predicted molar refractivity (Wildman–Crippen MR) is 59.1 cm³/mol. The van der Waals surface area contributed by atoms with E-state index in [1.165, 1.54) is 44.9 Å². The molecule has 0 aromatic heterocycles. The molecule has 0 spiro atoms. The van der Waals surface area contributed by atoms with E-state index in [4.69, 9.17) is 4.74 Å². The summed E-state index contributed by atoms with van der Waals surface area (Å²) in [4.78, 5) is 0. The Morgan fingerprint density at radius 2 is 1.69 bits per heavy atom. The van der Waals surface area contributed by atoms with Gasteiger partial charge < -0.3 is 4.74 Å². The van der Waals surface area contributed by atoms with Crippen molar-refractivity contribution in [2.45, 2.75) is 71.8 Å². The smallest absolute Gasteiger partial charge is 0.0547 e. The van der Waals surface area contributed by atoms with Crippen molar-refractivity contribution in [1.82, 2.24) is 0 Å². The molecule has 1 fully saturated rings. The van der Waals surface area contributed by atoms with Gasteiger partial charge in [-0.15, -0.1) is 0 Å². The fraction of sp³-hybridized carbons (Fsp3) is 1.00. The van der Waals surface area contributed by atoms with Crippen LogP contribution in [0, 0.1) is 0 Å². The summed E-state index contributed by atoms with van der Waals surface area (Å²) in [6.45, 7) is 7.60. The zero-order chi connectivity index (χ0) is 9.94. The van der Waals surface area contributed by atoms with E-state index < -0.39 is 0 Å². The number of rotatable bonds is 4. The van der Waals surface area contributed by atoms with Gasteiger partial charge in [0.2, 0.25) is 0 Å². The Bertz CT molecular complexity index is 81.1. The maximum Gasteiger partial charge on any atom is 0.0547 e. The van der Waals surface area contributed by atoms with Gasteiger partial charge in [-0.05, 0) is 19.8 Å². The minimum absolute atomic E-state index is 0.546. The first-order valence-corrected chi connectivity index (χ1v) is 5.92. The summed E-state index contributed by atoms with van der Waals surface area (Å²) in [6.07, 6.45) is 10.1. The van der Waals surface area contributed by atoms with Crippen LogP contribution in [0.1, 0.15) is 65.7 Å². The van der Waals surface area contributed by atoms with Gasteiger partial charge >= 0.3 is 0 Å². The van der Waals surface area contributed by atoms with E-state index in [-0.39, 0.29) is 0 Å². The molecule has 1 heterocycles. The van der Waals surface area contributed by atoms with Crippen LogP contribution >= 0.6 is 0 Å². The number of ether oxygens (including phenoxy) is 1. The standard InChI is InChI=1S/C7H16.C5H10O/c1-3-5-7-6-4-2;1-5-3-2-4-6-5/h3-7H2,1-2H3;5H,2-4H2,1H3. The summed E-state index contributed by atoms with van der Waals surface area (Å²) in [5, 5.41) is 0. The highest BCUT2D eigenvalue weighted by atomic mass is 16.5. The maximum atomic E-state index is 5.15. The SMILES string of the molecule is CC1CCCO1.CCCCCCC. The molecule has 80 valence electrons. The van der Waals surface area contributed by atoms with Crippen LogP contribution in [0.25, 0.3) is 0 Å². The summed E-state index contributed by atoms with van der Waals surface area (Å²) in [6, 6.07) is 0. The lowest BCUT2D eigenvalue weighted by Gasteiger charge is -1.94. The molecular formula is C12H26O. The van der Waals surface area contributed by atoms with Gasteiger partial charge in [-0.3, -0.25) is 0 Å². The monoisotopic (exact) mass is 186 g/mol. The second-order valence-corrected chi connectivity index (χ2v) is 3.88. The van der Waals surface area contributed by atoms with Gasteiger partial charge in [-0.2, -0.15) is 0 Å². The molecule has 1 saturated heterocycles. The van der Waals surface area contributed by atoms with Crippen LogP contribution in [-0.4, -0.2) is 12.7 Å². The summed E-state index contributed by atoms with van der Waals surface area (Å²) >= 11 is 0. The van der Waals surface area contributed by atoms with Gasteiger partial charge in [0.15, 0.2) is 0 Å². The van der Waals surface area contributed by atoms with Crippen molar-refractivity contribution < 1.29 is 4.74 Å². The Kier molecular flexibility index (Phi) is 10.0. The lowest BCUT2D eigenvalue weighted by molar-refractivity contribution is 0.125. The molecule has 0 bridgehead atoms. The zero-order valence-corrected chi connectivity index (χ0v) is 9.64. The van der Waals surface area contributed by atoms with E-state index in [9.17, 15) is 0 Å². The summed E-state index contributed by atoms with van der Waals surface area (Å²) in [5.41, 5.74) is 0. The summed E-state index contributed by atoms with van der Waals surface area (Å²) in [7, 11) is 0. The Balaban J connectivity index is 0.000000223. The fourth-order valence-electron chi connectivity index (χ4n) is 1.42. The predicted octanol–water partition coefficient (Wildman–Crippen LogP) is 4.16. The first kappa shape index (κ1) is 13.0. The van der Waals surface area contributed by atoms with Crippen LogP contribution in [0.3, 0.4) is 0 Å². The molecule has 1 heteroatoms. The van der Waals surface area contributed by atoms with Gasteiger partial charge in [0.25, 0.3) is 0 Å². The van der Waals surface area contributed by atoms with Crippen molar-refractivity contribution in [2.24, 2.45) is 0 Å². The molecule has 13 heavy (non-hydrogen) atoms. The van der Waals surface area contributed by atoms with Crippen LogP contribution in [0.15, 0.2) is 0 Å². The van der Waals surface area contributed by atoms with Crippen molar-refractivity contribution in [3.05, 3.63) is 0 Å². The van der Waals surface area contributed by atoms with Crippen LogP contribution in [0.4, 0.5) is 0 Å². The van der Waals surface area contributed by atoms with Crippen LogP contribution in [0.2, 0.25) is 0 Å². The van der Waals surface area contributed by atoms with E-state index in [1.54, 1.807) is 0 Å². The van der Waals surface area contributed by atoms with Crippen molar-refractivity contribution in [2.75, 3.05) is 6.61 Å². The van der Waals surface area contributed by atoms with Gasteiger partial charge in [0, 0.05) is 6.61 Å². The van der Waals surface area contributed by atoms with E-state index in [0.717, 1.165) is 6.61 Å². The Hall–Kier alpha value is -0.0400. The van der Waals surface area contributed by atoms with Gasteiger partial charge in [-0.25, -0.2) is 0 Å². The largest absolute Gasteiger partial charge is 0.379 e. The Morgan fingerprint density at radius 1 is 1.08 bits per heavy atom. The molecule has 0 N–H and O–H groups in total. The minimum atomic E-state index is 0.546. The van der Waals surface area contributed by atoms with E-state index >= 15 is 0 Å². The highest BCUT2D eigenvalue weighted by Crippen LogP contribution is 2.09.